The SMILES string of the molecule is NCC1(O)CCCC1CCOc1cccc2ccccc12. The first kappa shape index (κ1) is 14.4. The van der Waals surface area contributed by atoms with Gasteiger partial charge in [-0.3, -0.25) is 0 Å². The number of ether oxygens (including phenoxy) is 1. The molecule has 1 aliphatic rings. The van der Waals surface area contributed by atoms with Crippen LogP contribution in [0.4, 0.5) is 0 Å². The van der Waals surface area contributed by atoms with E-state index in [2.05, 4.69) is 18.2 Å². The van der Waals surface area contributed by atoms with E-state index in [0.29, 0.717) is 13.2 Å². The van der Waals surface area contributed by atoms with Gasteiger partial charge in [0.2, 0.25) is 0 Å². The Morgan fingerprint density at radius 1 is 1.19 bits per heavy atom. The van der Waals surface area contributed by atoms with Gasteiger partial charge >= 0.3 is 0 Å². The van der Waals surface area contributed by atoms with Crippen LogP contribution in [-0.4, -0.2) is 23.9 Å². The second-order valence-electron chi connectivity index (χ2n) is 6.01. The Bertz CT molecular complexity index is 608. The molecule has 112 valence electrons. The fourth-order valence-electron chi connectivity index (χ4n) is 3.44. The minimum absolute atomic E-state index is 0.262. The molecule has 2 aromatic rings. The zero-order valence-electron chi connectivity index (χ0n) is 12.3. The van der Waals surface area contributed by atoms with Gasteiger partial charge in [0.15, 0.2) is 0 Å². The van der Waals surface area contributed by atoms with E-state index in [0.717, 1.165) is 36.8 Å². The molecule has 1 saturated carbocycles. The molecule has 0 radical (unpaired) electrons. The second kappa shape index (κ2) is 6.04. The van der Waals surface area contributed by atoms with Crippen LogP contribution in [0.1, 0.15) is 25.7 Å². The highest BCUT2D eigenvalue weighted by Gasteiger charge is 2.39. The molecule has 0 spiro atoms. The van der Waals surface area contributed by atoms with Crippen molar-refractivity contribution in [2.75, 3.05) is 13.2 Å². The fraction of sp³-hybridized carbons (Fsp3) is 0.444. The van der Waals surface area contributed by atoms with Crippen molar-refractivity contribution in [2.24, 2.45) is 11.7 Å². The lowest BCUT2D eigenvalue weighted by Gasteiger charge is -2.28. The molecule has 1 fully saturated rings. The molecule has 1 aliphatic carbocycles. The van der Waals surface area contributed by atoms with E-state index in [1.807, 2.05) is 24.3 Å². The van der Waals surface area contributed by atoms with E-state index in [1.54, 1.807) is 0 Å². The van der Waals surface area contributed by atoms with Gasteiger partial charge in [0.05, 0.1) is 12.2 Å². The summed E-state index contributed by atoms with van der Waals surface area (Å²) < 4.78 is 5.97. The maximum atomic E-state index is 10.4. The summed E-state index contributed by atoms with van der Waals surface area (Å²) in [5.41, 5.74) is 5.05. The Morgan fingerprint density at radius 3 is 2.86 bits per heavy atom. The normalized spacial score (nSPS) is 25.3. The molecule has 0 amide bonds. The standard InChI is InChI=1S/C18H23NO2/c19-13-18(20)11-4-7-15(18)10-12-21-17-9-3-6-14-5-1-2-8-16(14)17/h1-3,5-6,8-9,15,20H,4,7,10-13,19H2. The van der Waals surface area contributed by atoms with Gasteiger partial charge in [0.25, 0.3) is 0 Å². The lowest BCUT2D eigenvalue weighted by Crippen LogP contribution is -2.41. The summed E-state index contributed by atoms with van der Waals surface area (Å²) >= 11 is 0. The van der Waals surface area contributed by atoms with Crippen molar-refractivity contribution in [3.8, 4) is 5.75 Å². The monoisotopic (exact) mass is 285 g/mol. The average Bonchev–Trinajstić information content (AvgIpc) is 2.89. The van der Waals surface area contributed by atoms with E-state index < -0.39 is 5.60 Å². The summed E-state index contributed by atoms with van der Waals surface area (Å²) in [6.07, 6.45) is 3.79. The van der Waals surface area contributed by atoms with Crippen LogP contribution in [-0.2, 0) is 0 Å². The fourth-order valence-corrected chi connectivity index (χ4v) is 3.44. The number of benzene rings is 2. The highest BCUT2D eigenvalue weighted by Crippen LogP contribution is 2.37. The predicted octanol–water partition coefficient (Wildman–Crippen LogP) is 3.10. The number of hydrogen-bond acceptors (Lipinski definition) is 3. The lowest BCUT2D eigenvalue weighted by atomic mass is 9.88. The largest absolute Gasteiger partial charge is 0.493 e. The molecule has 0 aliphatic heterocycles. The first-order valence-corrected chi connectivity index (χ1v) is 7.76. The summed E-state index contributed by atoms with van der Waals surface area (Å²) in [7, 11) is 0. The van der Waals surface area contributed by atoms with Crippen LogP contribution in [0.3, 0.4) is 0 Å². The molecule has 3 rings (SSSR count). The molecule has 2 unspecified atom stereocenters. The molecule has 0 bridgehead atoms. The van der Waals surface area contributed by atoms with Crippen LogP contribution in [0.2, 0.25) is 0 Å². The van der Waals surface area contributed by atoms with Crippen molar-refractivity contribution in [3.05, 3.63) is 42.5 Å². The molecule has 3 N–H and O–H groups in total. The molecule has 2 aromatic carbocycles. The van der Waals surface area contributed by atoms with Crippen LogP contribution in [0.25, 0.3) is 10.8 Å². The van der Waals surface area contributed by atoms with Crippen LogP contribution in [0.15, 0.2) is 42.5 Å². The molecule has 3 nitrogen and oxygen atoms in total. The zero-order chi connectivity index (χ0) is 14.7. The van der Waals surface area contributed by atoms with Crippen LogP contribution < -0.4 is 10.5 Å². The lowest BCUT2D eigenvalue weighted by molar-refractivity contribution is 0.00361. The molecular formula is C18H23NO2. The molecule has 0 saturated heterocycles. The quantitative estimate of drug-likeness (QED) is 0.887. The summed E-state index contributed by atoms with van der Waals surface area (Å²) in [6.45, 7) is 0.979. The van der Waals surface area contributed by atoms with E-state index in [4.69, 9.17) is 10.5 Å². The highest BCUT2D eigenvalue weighted by atomic mass is 16.5. The van der Waals surface area contributed by atoms with Gasteiger partial charge in [-0.1, -0.05) is 42.8 Å². The molecular weight excluding hydrogens is 262 g/mol. The van der Waals surface area contributed by atoms with E-state index in [-0.39, 0.29) is 5.92 Å². The minimum Gasteiger partial charge on any atom is -0.493 e. The number of fused-ring (bicyclic) bond motifs is 1. The topological polar surface area (TPSA) is 55.5 Å². The minimum atomic E-state index is -0.678. The second-order valence-corrected chi connectivity index (χ2v) is 6.01. The molecule has 0 heterocycles. The Morgan fingerprint density at radius 2 is 2.00 bits per heavy atom. The van der Waals surface area contributed by atoms with Crippen LogP contribution in [0.5, 0.6) is 5.75 Å². The summed E-state index contributed by atoms with van der Waals surface area (Å²) in [5, 5.41) is 12.8. The summed E-state index contributed by atoms with van der Waals surface area (Å²) in [6, 6.07) is 14.3. The average molecular weight is 285 g/mol. The van der Waals surface area contributed by atoms with Crippen molar-refractivity contribution < 1.29 is 9.84 Å². The number of rotatable bonds is 5. The van der Waals surface area contributed by atoms with Gasteiger partial charge in [0.1, 0.15) is 5.75 Å². The van der Waals surface area contributed by atoms with Crippen molar-refractivity contribution >= 4 is 10.8 Å². The maximum Gasteiger partial charge on any atom is 0.127 e. The van der Waals surface area contributed by atoms with Gasteiger partial charge in [-0.2, -0.15) is 0 Å². The molecule has 21 heavy (non-hydrogen) atoms. The molecule has 2 atom stereocenters. The third-order valence-corrected chi connectivity index (χ3v) is 4.75. The Hall–Kier alpha value is -1.58. The van der Waals surface area contributed by atoms with Crippen molar-refractivity contribution in [1.29, 1.82) is 0 Å². The smallest absolute Gasteiger partial charge is 0.127 e. The number of nitrogens with two attached hydrogens (primary N) is 1. The van der Waals surface area contributed by atoms with Gasteiger partial charge < -0.3 is 15.6 Å². The van der Waals surface area contributed by atoms with Crippen molar-refractivity contribution in [3.63, 3.8) is 0 Å². The van der Waals surface area contributed by atoms with Gasteiger partial charge in [0, 0.05) is 11.9 Å². The summed E-state index contributed by atoms with van der Waals surface area (Å²) in [5.74, 6) is 1.18. The van der Waals surface area contributed by atoms with Gasteiger partial charge in [-0.25, -0.2) is 0 Å². The summed E-state index contributed by atoms with van der Waals surface area (Å²) in [4.78, 5) is 0. The number of aliphatic hydroxyl groups is 1. The molecule has 3 heteroatoms. The Kier molecular flexibility index (Phi) is 4.13. The Labute approximate surface area is 125 Å². The maximum absolute atomic E-state index is 10.4. The molecule has 0 aromatic heterocycles. The van der Waals surface area contributed by atoms with Crippen LogP contribution in [0, 0.1) is 5.92 Å². The van der Waals surface area contributed by atoms with E-state index >= 15 is 0 Å². The van der Waals surface area contributed by atoms with E-state index in [9.17, 15) is 5.11 Å². The van der Waals surface area contributed by atoms with Gasteiger partial charge in [-0.15, -0.1) is 0 Å². The van der Waals surface area contributed by atoms with E-state index in [1.165, 1.54) is 5.39 Å². The van der Waals surface area contributed by atoms with Crippen molar-refractivity contribution in [1.82, 2.24) is 0 Å². The third-order valence-electron chi connectivity index (χ3n) is 4.75. The van der Waals surface area contributed by atoms with Crippen molar-refractivity contribution in [2.45, 2.75) is 31.3 Å². The predicted molar refractivity (Wildman–Crippen MR) is 85.4 cm³/mol. The van der Waals surface area contributed by atoms with Gasteiger partial charge in [-0.05, 0) is 36.6 Å². The number of hydrogen-bond donors (Lipinski definition) is 2. The van der Waals surface area contributed by atoms with Crippen LogP contribution >= 0.6 is 0 Å². The first-order valence-electron chi connectivity index (χ1n) is 7.76. The highest BCUT2D eigenvalue weighted by molar-refractivity contribution is 5.88. The zero-order valence-corrected chi connectivity index (χ0v) is 12.3. The first-order chi connectivity index (χ1) is 10.2. The Balaban J connectivity index is 1.65. The third kappa shape index (κ3) is 2.89.